The van der Waals surface area contributed by atoms with E-state index in [9.17, 15) is 9.59 Å². The predicted octanol–water partition coefficient (Wildman–Crippen LogP) is 1.55. The standard InChI is InChI=1S/C14H26N2O4/c1-14(2,3)11(12(17)18)15-13(19)16(4)7-8-20-9-10-5-6-10/h10-11H,5-9H2,1-4H3,(H,15,19)(H,17,18). The third-order valence-electron chi connectivity index (χ3n) is 3.35. The summed E-state index contributed by atoms with van der Waals surface area (Å²) in [5, 5.41) is 11.7. The Morgan fingerprint density at radius 3 is 2.45 bits per heavy atom. The van der Waals surface area contributed by atoms with Gasteiger partial charge in [0.1, 0.15) is 6.04 Å². The van der Waals surface area contributed by atoms with Crippen molar-refractivity contribution < 1.29 is 19.4 Å². The molecule has 6 nitrogen and oxygen atoms in total. The fraction of sp³-hybridized carbons (Fsp3) is 0.857. The van der Waals surface area contributed by atoms with E-state index < -0.39 is 17.4 Å². The first kappa shape index (κ1) is 16.8. The minimum Gasteiger partial charge on any atom is -0.480 e. The number of carbonyl (C=O) groups excluding carboxylic acids is 1. The van der Waals surface area contributed by atoms with Gasteiger partial charge in [0.15, 0.2) is 0 Å². The van der Waals surface area contributed by atoms with Crippen LogP contribution < -0.4 is 5.32 Å². The maximum absolute atomic E-state index is 11.9. The zero-order valence-electron chi connectivity index (χ0n) is 12.8. The predicted molar refractivity (Wildman–Crippen MR) is 75.6 cm³/mol. The molecule has 0 aromatic heterocycles. The van der Waals surface area contributed by atoms with Crippen molar-refractivity contribution in [2.24, 2.45) is 11.3 Å². The molecular weight excluding hydrogens is 260 g/mol. The summed E-state index contributed by atoms with van der Waals surface area (Å²) in [6, 6.07) is -1.30. The highest BCUT2D eigenvalue weighted by atomic mass is 16.5. The van der Waals surface area contributed by atoms with Crippen molar-refractivity contribution in [2.45, 2.75) is 39.7 Å². The third kappa shape index (κ3) is 5.77. The number of hydrogen-bond donors (Lipinski definition) is 2. The second-order valence-corrected chi connectivity index (χ2v) is 6.53. The first-order valence-electron chi connectivity index (χ1n) is 7.04. The average molecular weight is 286 g/mol. The first-order chi connectivity index (χ1) is 9.21. The van der Waals surface area contributed by atoms with Crippen LogP contribution in [-0.4, -0.2) is 54.9 Å². The number of aliphatic carboxylic acids is 1. The molecule has 1 rings (SSSR count). The minimum atomic E-state index is -1.02. The zero-order chi connectivity index (χ0) is 15.3. The molecule has 0 heterocycles. The topological polar surface area (TPSA) is 78.9 Å². The van der Waals surface area contributed by atoms with Gasteiger partial charge in [0.25, 0.3) is 0 Å². The summed E-state index contributed by atoms with van der Waals surface area (Å²) >= 11 is 0. The van der Waals surface area contributed by atoms with Gasteiger partial charge >= 0.3 is 12.0 Å². The number of carboxylic acids is 1. The Bertz CT molecular complexity index is 348. The largest absolute Gasteiger partial charge is 0.480 e. The normalized spacial score (nSPS) is 16.6. The van der Waals surface area contributed by atoms with Gasteiger partial charge in [0.2, 0.25) is 0 Å². The van der Waals surface area contributed by atoms with Gasteiger partial charge in [-0.05, 0) is 24.2 Å². The lowest BCUT2D eigenvalue weighted by Crippen LogP contribution is -2.53. The smallest absolute Gasteiger partial charge is 0.326 e. The molecule has 1 aliphatic rings. The van der Waals surface area contributed by atoms with Gasteiger partial charge < -0.3 is 20.1 Å². The van der Waals surface area contributed by atoms with Gasteiger partial charge in [-0.15, -0.1) is 0 Å². The van der Waals surface area contributed by atoms with E-state index in [1.807, 2.05) is 0 Å². The summed E-state index contributed by atoms with van der Waals surface area (Å²) in [5.74, 6) is -0.323. The van der Waals surface area contributed by atoms with Crippen molar-refractivity contribution in [1.82, 2.24) is 10.2 Å². The van der Waals surface area contributed by atoms with E-state index in [4.69, 9.17) is 9.84 Å². The molecule has 0 saturated heterocycles. The fourth-order valence-corrected chi connectivity index (χ4v) is 1.72. The van der Waals surface area contributed by atoms with Gasteiger partial charge in [-0.3, -0.25) is 0 Å². The highest BCUT2D eigenvalue weighted by Gasteiger charge is 2.33. The molecule has 0 radical (unpaired) electrons. The molecule has 0 aliphatic heterocycles. The minimum absolute atomic E-state index is 0.387. The second kappa shape index (κ2) is 6.92. The summed E-state index contributed by atoms with van der Waals surface area (Å²) < 4.78 is 5.46. The molecule has 0 spiro atoms. The van der Waals surface area contributed by atoms with Crippen molar-refractivity contribution in [1.29, 1.82) is 0 Å². The van der Waals surface area contributed by atoms with E-state index in [-0.39, 0.29) is 6.03 Å². The maximum Gasteiger partial charge on any atom is 0.326 e. The van der Waals surface area contributed by atoms with Crippen molar-refractivity contribution in [3.8, 4) is 0 Å². The molecular formula is C14H26N2O4. The molecule has 0 aromatic rings. The van der Waals surface area contributed by atoms with Crippen molar-refractivity contribution in [2.75, 3.05) is 26.8 Å². The summed E-state index contributed by atoms with van der Waals surface area (Å²) in [4.78, 5) is 24.6. The van der Waals surface area contributed by atoms with Crippen LogP contribution in [0.1, 0.15) is 33.6 Å². The van der Waals surface area contributed by atoms with Crippen LogP contribution in [0.4, 0.5) is 4.79 Å². The Hall–Kier alpha value is -1.30. The molecule has 0 aromatic carbocycles. The number of hydrogen-bond acceptors (Lipinski definition) is 3. The van der Waals surface area contributed by atoms with Gasteiger partial charge in [0, 0.05) is 20.2 Å². The van der Waals surface area contributed by atoms with Gasteiger partial charge in [-0.1, -0.05) is 20.8 Å². The molecule has 1 atom stereocenters. The number of nitrogens with one attached hydrogen (secondary N) is 1. The number of nitrogens with zero attached hydrogens (tertiary/aromatic N) is 1. The lowest BCUT2D eigenvalue weighted by atomic mass is 9.87. The number of carboxylic acid groups (broad SMARTS) is 1. The van der Waals surface area contributed by atoms with Gasteiger partial charge in [-0.25, -0.2) is 9.59 Å². The fourth-order valence-electron chi connectivity index (χ4n) is 1.72. The Morgan fingerprint density at radius 1 is 1.40 bits per heavy atom. The van der Waals surface area contributed by atoms with Crippen LogP contribution in [-0.2, 0) is 9.53 Å². The quantitative estimate of drug-likeness (QED) is 0.696. The molecule has 6 heteroatoms. The van der Waals surface area contributed by atoms with Gasteiger partial charge in [0.05, 0.1) is 6.61 Å². The number of amides is 2. The van der Waals surface area contributed by atoms with Crippen LogP contribution in [0.3, 0.4) is 0 Å². The van der Waals surface area contributed by atoms with E-state index in [2.05, 4.69) is 5.32 Å². The molecule has 2 amide bonds. The summed E-state index contributed by atoms with van der Waals surface area (Å²) in [5.41, 5.74) is -0.537. The lowest BCUT2D eigenvalue weighted by Gasteiger charge is -2.29. The average Bonchev–Trinajstić information content (AvgIpc) is 3.13. The molecule has 2 N–H and O–H groups in total. The summed E-state index contributed by atoms with van der Waals surface area (Å²) in [6.07, 6.45) is 2.48. The molecule has 1 unspecified atom stereocenters. The first-order valence-corrected chi connectivity index (χ1v) is 7.04. The number of rotatable bonds is 7. The number of likely N-dealkylation sites (N-methyl/N-ethyl adjacent to an activating group) is 1. The van der Waals surface area contributed by atoms with E-state index in [0.717, 1.165) is 6.61 Å². The summed E-state index contributed by atoms with van der Waals surface area (Å²) in [7, 11) is 1.64. The summed E-state index contributed by atoms with van der Waals surface area (Å²) in [6.45, 7) is 7.04. The molecule has 1 aliphatic carbocycles. The highest BCUT2D eigenvalue weighted by molar-refractivity contribution is 5.83. The maximum atomic E-state index is 11.9. The van der Waals surface area contributed by atoms with Crippen LogP contribution in [0.25, 0.3) is 0 Å². The van der Waals surface area contributed by atoms with Crippen LogP contribution in [0.2, 0.25) is 0 Å². The Kier molecular flexibility index (Phi) is 5.80. The second-order valence-electron chi connectivity index (χ2n) is 6.53. The van der Waals surface area contributed by atoms with E-state index in [1.165, 1.54) is 17.7 Å². The molecule has 0 bridgehead atoms. The van der Waals surface area contributed by atoms with Gasteiger partial charge in [-0.2, -0.15) is 0 Å². The Labute approximate surface area is 120 Å². The van der Waals surface area contributed by atoms with Crippen molar-refractivity contribution in [3.63, 3.8) is 0 Å². The van der Waals surface area contributed by atoms with Crippen LogP contribution in [0.5, 0.6) is 0 Å². The monoisotopic (exact) mass is 286 g/mol. The molecule has 1 saturated carbocycles. The lowest BCUT2D eigenvalue weighted by molar-refractivity contribution is -0.142. The molecule has 1 fully saturated rings. The number of carbonyl (C=O) groups is 2. The zero-order valence-corrected chi connectivity index (χ0v) is 12.8. The molecule has 116 valence electrons. The van der Waals surface area contributed by atoms with Crippen LogP contribution >= 0.6 is 0 Å². The molecule has 20 heavy (non-hydrogen) atoms. The SMILES string of the molecule is CN(CCOCC1CC1)C(=O)NC(C(=O)O)C(C)(C)C. The van der Waals surface area contributed by atoms with E-state index >= 15 is 0 Å². The highest BCUT2D eigenvalue weighted by Crippen LogP contribution is 2.28. The van der Waals surface area contributed by atoms with Crippen LogP contribution in [0.15, 0.2) is 0 Å². The Balaban J connectivity index is 2.32. The van der Waals surface area contributed by atoms with Crippen molar-refractivity contribution >= 4 is 12.0 Å². The number of urea groups is 1. The van der Waals surface area contributed by atoms with Crippen molar-refractivity contribution in [3.05, 3.63) is 0 Å². The van der Waals surface area contributed by atoms with Crippen LogP contribution in [0, 0.1) is 11.3 Å². The van der Waals surface area contributed by atoms with E-state index in [1.54, 1.807) is 27.8 Å². The Morgan fingerprint density at radius 2 is 2.00 bits per heavy atom. The number of ether oxygens (including phenoxy) is 1. The van der Waals surface area contributed by atoms with E-state index in [0.29, 0.717) is 19.1 Å². The third-order valence-corrected chi connectivity index (χ3v) is 3.35.